The van der Waals surface area contributed by atoms with Gasteiger partial charge in [-0.2, -0.15) is 0 Å². The SMILES string of the molecule is Cc1ccccc1CNS(=O)(=O)CC1CCN1. The Hall–Kier alpha value is -0.910. The van der Waals surface area contributed by atoms with Gasteiger partial charge in [-0.1, -0.05) is 24.3 Å². The van der Waals surface area contributed by atoms with Gasteiger partial charge in [-0.05, 0) is 31.0 Å². The fourth-order valence-electron chi connectivity index (χ4n) is 1.81. The van der Waals surface area contributed by atoms with E-state index in [0.717, 1.165) is 24.1 Å². The fourth-order valence-corrected chi connectivity index (χ4v) is 3.12. The Morgan fingerprint density at radius 1 is 1.41 bits per heavy atom. The zero-order valence-electron chi connectivity index (χ0n) is 9.94. The van der Waals surface area contributed by atoms with Crippen LogP contribution >= 0.6 is 0 Å². The van der Waals surface area contributed by atoms with Gasteiger partial charge in [0.2, 0.25) is 10.0 Å². The second-order valence-electron chi connectivity index (χ2n) is 4.47. The van der Waals surface area contributed by atoms with Crippen molar-refractivity contribution in [3.63, 3.8) is 0 Å². The molecule has 1 atom stereocenters. The van der Waals surface area contributed by atoms with Crippen molar-refractivity contribution in [1.82, 2.24) is 10.0 Å². The molecule has 0 aromatic heterocycles. The molecule has 1 fully saturated rings. The molecule has 94 valence electrons. The summed E-state index contributed by atoms with van der Waals surface area (Å²) >= 11 is 0. The molecule has 1 heterocycles. The van der Waals surface area contributed by atoms with Crippen LogP contribution in [-0.2, 0) is 16.6 Å². The minimum absolute atomic E-state index is 0.129. The normalized spacial score (nSPS) is 19.9. The van der Waals surface area contributed by atoms with Gasteiger partial charge >= 0.3 is 0 Å². The van der Waals surface area contributed by atoms with Crippen molar-refractivity contribution in [1.29, 1.82) is 0 Å². The smallest absolute Gasteiger partial charge is 0.213 e. The summed E-state index contributed by atoms with van der Waals surface area (Å²) in [6.45, 7) is 3.29. The molecule has 1 aliphatic heterocycles. The van der Waals surface area contributed by atoms with Crippen LogP contribution in [0, 0.1) is 6.92 Å². The molecule has 4 nitrogen and oxygen atoms in total. The predicted octanol–water partition coefficient (Wildman–Crippen LogP) is 0.776. The minimum atomic E-state index is -3.17. The van der Waals surface area contributed by atoms with Gasteiger partial charge in [0.05, 0.1) is 5.75 Å². The Morgan fingerprint density at radius 3 is 2.71 bits per heavy atom. The van der Waals surface area contributed by atoms with Crippen LogP contribution in [0.25, 0.3) is 0 Å². The van der Waals surface area contributed by atoms with E-state index < -0.39 is 10.0 Å². The van der Waals surface area contributed by atoms with Gasteiger partial charge in [0.25, 0.3) is 0 Å². The van der Waals surface area contributed by atoms with Gasteiger partial charge in [0, 0.05) is 12.6 Å². The lowest BCUT2D eigenvalue weighted by Gasteiger charge is -2.27. The van der Waals surface area contributed by atoms with Crippen LogP contribution in [0.15, 0.2) is 24.3 Å². The van der Waals surface area contributed by atoms with Crippen molar-refractivity contribution in [3.05, 3.63) is 35.4 Å². The molecular weight excluding hydrogens is 236 g/mol. The molecule has 1 aromatic rings. The van der Waals surface area contributed by atoms with Gasteiger partial charge in [-0.3, -0.25) is 0 Å². The number of hydrogen-bond donors (Lipinski definition) is 2. The van der Waals surface area contributed by atoms with Crippen LogP contribution in [-0.4, -0.2) is 26.8 Å². The van der Waals surface area contributed by atoms with Crippen molar-refractivity contribution in [2.45, 2.75) is 25.9 Å². The average Bonchev–Trinajstić information content (AvgIpc) is 2.23. The molecule has 1 aliphatic rings. The molecule has 0 bridgehead atoms. The van der Waals surface area contributed by atoms with E-state index in [0.29, 0.717) is 6.54 Å². The Balaban J connectivity index is 1.90. The molecule has 1 unspecified atom stereocenters. The van der Waals surface area contributed by atoms with E-state index in [1.54, 1.807) is 0 Å². The van der Waals surface area contributed by atoms with Crippen LogP contribution in [0.2, 0.25) is 0 Å². The van der Waals surface area contributed by atoms with Gasteiger partial charge in [0.1, 0.15) is 0 Å². The van der Waals surface area contributed by atoms with Crippen LogP contribution in [0.5, 0.6) is 0 Å². The molecule has 17 heavy (non-hydrogen) atoms. The summed E-state index contributed by atoms with van der Waals surface area (Å²) in [6, 6.07) is 7.93. The van der Waals surface area contributed by atoms with Crippen LogP contribution < -0.4 is 10.0 Å². The lowest BCUT2D eigenvalue weighted by Crippen LogP contribution is -2.49. The summed E-state index contributed by atoms with van der Waals surface area (Å²) < 4.78 is 26.2. The molecule has 0 aliphatic carbocycles. The summed E-state index contributed by atoms with van der Waals surface area (Å²) in [4.78, 5) is 0. The lowest BCUT2D eigenvalue weighted by molar-refractivity contribution is 0.397. The Kier molecular flexibility index (Phi) is 3.81. The number of benzene rings is 1. The predicted molar refractivity (Wildman–Crippen MR) is 68.2 cm³/mol. The Labute approximate surface area is 102 Å². The number of sulfonamides is 1. The Morgan fingerprint density at radius 2 is 2.12 bits per heavy atom. The first-order chi connectivity index (χ1) is 8.07. The molecule has 0 radical (unpaired) electrons. The number of hydrogen-bond acceptors (Lipinski definition) is 3. The molecule has 1 saturated heterocycles. The summed E-state index contributed by atoms with van der Waals surface area (Å²) in [5, 5.41) is 3.09. The summed E-state index contributed by atoms with van der Waals surface area (Å²) in [6.07, 6.45) is 0.950. The largest absolute Gasteiger partial charge is 0.313 e. The van der Waals surface area contributed by atoms with E-state index in [2.05, 4.69) is 10.0 Å². The summed E-state index contributed by atoms with van der Waals surface area (Å²) in [5.74, 6) is 0.179. The maximum absolute atomic E-state index is 11.8. The maximum atomic E-state index is 11.8. The van der Waals surface area contributed by atoms with E-state index in [1.807, 2.05) is 31.2 Å². The van der Waals surface area contributed by atoms with Crippen LogP contribution in [0.1, 0.15) is 17.5 Å². The van der Waals surface area contributed by atoms with E-state index in [4.69, 9.17) is 0 Å². The second kappa shape index (κ2) is 5.16. The molecule has 0 amide bonds. The van der Waals surface area contributed by atoms with Gasteiger partial charge in [-0.25, -0.2) is 13.1 Å². The molecule has 0 saturated carbocycles. The van der Waals surface area contributed by atoms with Crippen molar-refractivity contribution >= 4 is 10.0 Å². The van der Waals surface area contributed by atoms with Gasteiger partial charge < -0.3 is 5.32 Å². The fraction of sp³-hybridized carbons (Fsp3) is 0.500. The van der Waals surface area contributed by atoms with Gasteiger partial charge in [0.15, 0.2) is 0 Å². The monoisotopic (exact) mass is 254 g/mol. The molecular formula is C12H18N2O2S. The summed E-state index contributed by atoms with van der Waals surface area (Å²) in [5.41, 5.74) is 2.13. The topological polar surface area (TPSA) is 58.2 Å². The number of aryl methyl sites for hydroxylation is 1. The highest BCUT2D eigenvalue weighted by molar-refractivity contribution is 7.89. The third-order valence-corrected chi connectivity index (χ3v) is 4.52. The summed E-state index contributed by atoms with van der Waals surface area (Å²) in [7, 11) is -3.17. The molecule has 1 aromatic carbocycles. The maximum Gasteiger partial charge on any atom is 0.213 e. The highest BCUT2D eigenvalue weighted by Crippen LogP contribution is 2.08. The first kappa shape index (κ1) is 12.5. The molecule has 0 spiro atoms. The third-order valence-electron chi connectivity index (χ3n) is 3.09. The van der Waals surface area contributed by atoms with E-state index in [1.165, 1.54) is 0 Å². The van der Waals surface area contributed by atoms with Crippen LogP contribution in [0.3, 0.4) is 0 Å². The molecule has 5 heteroatoms. The standard InChI is InChI=1S/C12H18N2O2S/c1-10-4-2-3-5-11(10)8-14-17(15,16)9-12-6-7-13-12/h2-5,12-14H,6-9H2,1H3. The van der Waals surface area contributed by atoms with Gasteiger partial charge in [-0.15, -0.1) is 0 Å². The van der Waals surface area contributed by atoms with Crippen molar-refractivity contribution in [2.24, 2.45) is 0 Å². The highest BCUT2D eigenvalue weighted by atomic mass is 32.2. The Bertz CT molecular complexity index is 481. The first-order valence-corrected chi connectivity index (χ1v) is 7.47. The zero-order valence-corrected chi connectivity index (χ0v) is 10.8. The quantitative estimate of drug-likeness (QED) is 0.816. The average molecular weight is 254 g/mol. The van der Waals surface area contributed by atoms with E-state index >= 15 is 0 Å². The molecule has 2 N–H and O–H groups in total. The van der Waals surface area contributed by atoms with Crippen molar-refractivity contribution in [3.8, 4) is 0 Å². The second-order valence-corrected chi connectivity index (χ2v) is 6.32. The molecule has 2 rings (SSSR count). The first-order valence-electron chi connectivity index (χ1n) is 5.82. The highest BCUT2D eigenvalue weighted by Gasteiger charge is 2.23. The third kappa shape index (κ3) is 3.52. The number of rotatable bonds is 5. The van der Waals surface area contributed by atoms with Crippen LogP contribution in [0.4, 0.5) is 0 Å². The van der Waals surface area contributed by atoms with E-state index in [9.17, 15) is 8.42 Å². The lowest BCUT2D eigenvalue weighted by atomic mass is 10.1. The van der Waals surface area contributed by atoms with Crippen molar-refractivity contribution < 1.29 is 8.42 Å². The number of nitrogens with one attached hydrogen (secondary N) is 2. The minimum Gasteiger partial charge on any atom is -0.313 e. The van der Waals surface area contributed by atoms with Crippen molar-refractivity contribution in [2.75, 3.05) is 12.3 Å². The van der Waals surface area contributed by atoms with E-state index in [-0.39, 0.29) is 11.8 Å². The zero-order chi connectivity index (χ0) is 12.3.